The van der Waals surface area contributed by atoms with Crippen LogP contribution in [0.5, 0.6) is 0 Å². The van der Waals surface area contributed by atoms with Crippen molar-refractivity contribution < 1.29 is 0 Å². The number of nitriles is 1. The van der Waals surface area contributed by atoms with Crippen molar-refractivity contribution >= 4 is 0 Å². The fourth-order valence-electron chi connectivity index (χ4n) is 1.47. The molecule has 1 aromatic heterocycles. The van der Waals surface area contributed by atoms with Crippen molar-refractivity contribution in [3.05, 3.63) is 18.2 Å². The molecule has 0 bridgehead atoms. The minimum absolute atomic E-state index is 0.677. The van der Waals surface area contributed by atoms with Crippen LogP contribution in [0, 0.1) is 18.3 Å². The molecule has 4 heteroatoms. The fraction of sp³-hybridized carbons (Fsp3) is 0.636. The van der Waals surface area contributed by atoms with Gasteiger partial charge in [0, 0.05) is 18.9 Å². The minimum Gasteiger partial charge on any atom is -0.335 e. The van der Waals surface area contributed by atoms with E-state index in [9.17, 15) is 0 Å². The highest BCUT2D eigenvalue weighted by Crippen LogP contribution is 2.10. The van der Waals surface area contributed by atoms with Crippen LogP contribution in [0.2, 0.25) is 0 Å². The van der Waals surface area contributed by atoms with Gasteiger partial charge in [-0.15, -0.1) is 0 Å². The van der Waals surface area contributed by atoms with Crippen molar-refractivity contribution in [1.82, 2.24) is 9.55 Å². The van der Waals surface area contributed by atoms with Gasteiger partial charge in [-0.1, -0.05) is 0 Å². The Labute approximate surface area is 90.7 Å². The monoisotopic (exact) mass is 206 g/mol. The summed E-state index contributed by atoms with van der Waals surface area (Å²) in [6.45, 7) is 4.71. The van der Waals surface area contributed by atoms with Gasteiger partial charge < -0.3 is 10.3 Å². The van der Waals surface area contributed by atoms with Crippen LogP contribution in [0.4, 0.5) is 0 Å². The van der Waals surface area contributed by atoms with Gasteiger partial charge in [-0.05, 0) is 33.1 Å². The van der Waals surface area contributed by atoms with Crippen LogP contribution in [0.3, 0.4) is 0 Å². The Morgan fingerprint density at radius 2 is 2.33 bits per heavy atom. The molecular formula is C11H18N4. The molecule has 82 valence electrons. The molecule has 0 fully saturated rings. The van der Waals surface area contributed by atoms with E-state index in [0.717, 1.165) is 31.6 Å². The Morgan fingerprint density at radius 3 is 2.87 bits per heavy atom. The molecule has 0 aliphatic carbocycles. The molecule has 2 N–H and O–H groups in total. The van der Waals surface area contributed by atoms with Crippen molar-refractivity contribution in [3.8, 4) is 6.07 Å². The lowest BCUT2D eigenvalue weighted by atomic mass is 9.98. The summed E-state index contributed by atoms with van der Waals surface area (Å²) in [4.78, 5) is 4.15. The molecule has 0 spiro atoms. The van der Waals surface area contributed by atoms with Gasteiger partial charge in [-0.25, -0.2) is 4.98 Å². The normalized spacial score (nSPS) is 14.5. The SMILES string of the molecule is Cc1nccn1CCCCC(C)(N)C#N. The summed E-state index contributed by atoms with van der Waals surface area (Å²) in [7, 11) is 0. The third-order valence-electron chi connectivity index (χ3n) is 2.52. The molecule has 15 heavy (non-hydrogen) atoms. The average Bonchev–Trinajstić information content (AvgIpc) is 2.59. The van der Waals surface area contributed by atoms with Crippen LogP contribution in [-0.2, 0) is 6.54 Å². The molecule has 0 saturated carbocycles. The summed E-state index contributed by atoms with van der Waals surface area (Å²) in [5.74, 6) is 1.03. The van der Waals surface area contributed by atoms with Crippen LogP contribution in [-0.4, -0.2) is 15.1 Å². The number of hydrogen-bond acceptors (Lipinski definition) is 3. The Kier molecular flexibility index (Phi) is 3.87. The lowest BCUT2D eigenvalue weighted by Crippen LogP contribution is -2.33. The number of rotatable bonds is 5. The Hall–Kier alpha value is -1.34. The number of aromatic nitrogens is 2. The van der Waals surface area contributed by atoms with Crippen molar-refractivity contribution in [2.75, 3.05) is 0 Å². The number of nitrogens with two attached hydrogens (primary N) is 1. The number of aryl methyl sites for hydroxylation is 2. The van der Waals surface area contributed by atoms with Gasteiger partial charge in [-0.2, -0.15) is 5.26 Å². The van der Waals surface area contributed by atoms with E-state index in [4.69, 9.17) is 11.0 Å². The fourth-order valence-corrected chi connectivity index (χ4v) is 1.47. The van der Waals surface area contributed by atoms with Gasteiger partial charge >= 0.3 is 0 Å². The van der Waals surface area contributed by atoms with Crippen LogP contribution < -0.4 is 5.73 Å². The number of hydrogen-bond donors (Lipinski definition) is 1. The van der Waals surface area contributed by atoms with Gasteiger partial charge in [0.2, 0.25) is 0 Å². The summed E-state index contributed by atoms with van der Waals surface area (Å²) in [5.41, 5.74) is 5.05. The molecule has 0 aromatic carbocycles. The predicted molar refractivity (Wildman–Crippen MR) is 59.0 cm³/mol. The molecule has 0 aliphatic heterocycles. The molecule has 0 aliphatic rings. The molecule has 1 atom stereocenters. The Morgan fingerprint density at radius 1 is 1.60 bits per heavy atom. The molecule has 1 unspecified atom stereocenters. The first-order valence-corrected chi connectivity index (χ1v) is 5.23. The van der Waals surface area contributed by atoms with Crippen LogP contribution in [0.25, 0.3) is 0 Å². The molecule has 0 amide bonds. The molecule has 4 nitrogen and oxygen atoms in total. The van der Waals surface area contributed by atoms with Gasteiger partial charge in [0.05, 0.1) is 6.07 Å². The topological polar surface area (TPSA) is 67.6 Å². The molecule has 1 aromatic rings. The second-order valence-corrected chi connectivity index (χ2v) is 4.15. The first kappa shape index (κ1) is 11.7. The quantitative estimate of drug-likeness (QED) is 0.744. The standard InChI is InChI=1S/C11H18N4/c1-10-14-6-8-15(10)7-4-3-5-11(2,13)9-12/h6,8H,3-5,7,13H2,1-2H3. The van der Waals surface area contributed by atoms with E-state index in [2.05, 4.69) is 15.6 Å². The van der Waals surface area contributed by atoms with E-state index in [1.54, 1.807) is 13.1 Å². The zero-order chi connectivity index (χ0) is 11.3. The molecule has 1 rings (SSSR count). The number of imidazole rings is 1. The average molecular weight is 206 g/mol. The second kappa shape index (κ2) is 4.94. The number of nitrogens with zero attached hydrogens (tertiary/aromatic N) is 3. The largest absolute Gasteiger partial charge is 0.335 e. The maximum atomic E-state index is 8.73. The van der Waals surface area contributed by atoms with E-state index < -0.39 is 5.54 Å². The van der Waals surface area contributed by atoms with Gasteiger partial charge in [-0.3, -0.25) is 0 Å². The molecule has 1 heterocycles. The smallest absolute Gasteiger partial charge is 0.105 e. The van der Waals surface area contributed by atoms with E-state index in [-0.39, 0.29) is 0 Å². The highest BCUT2D eigenvalue weighted by molar-refractivity contribution is 5.00. The maximum Gasteiger partial charge on any atom is 0.105 e. The predicted octanol–water partition coefficient (Wildman–Crippen LogP) is 1.60. The van der Waals surface area contributed by atoms with Crippen molar-refractivity contribution in [2.24, 2.45) is 5.73 Å². The first-order valence-electron chi connectivity index (χ1n) is 5.23. The molecular weight excluding hydrogens is 188 g/mol. The van der Waals surface area contributed by atoms with Gasteiger partial charge in [0.25, 0.3) is 0 Å². The van der Waals surface area contributed by atoms with Gasteiger partial charge in [0.1, 0.15) is 11.4 Å². The van der Waals surface area contributed by atoms with Gasteiger partial charge in [0.15, 0.2) is 0 Å². The highest BCUT2D eigenvalue weighted by Gasteiger charge is 2.15. The summed E-state index contributed by atoms with van der Waals surface area (Å²) in [6.07, 6.45) is 6.53. The van der Waals surface area contributed by atoms with E-state index in [1.807, 2.05) is 13.1 Å². The molecule has 0 saturated heterocycles. The lowest BCUT2D eigenvalue weighted by Gasteiger charge is -2.14. The summed E-state index contributed by atoms with van der Waals surface area (Å²) in [5, 5.41) is 8.73. The van der Waals surface area contributed by atoms with Crippen LogP contribution >= 0.6 is 0 Å². The molecule has 0 radical (unpaired) electrons. The van der Waals surface area contributed by atoms with E-state index in [1.165, 1.54) is 0 Å². The van der Waals surface area contributed by atoms with Crippen molar-refractivity contribution in [2.45, 2.75) is 45.2 Å². The van der Waals surface area contributed by atoms with Crippen LogP contribution in [0.15, 0.2) is 12.4 Å². The van der Waals surface area contributed by atoms with Crippen LogP contribution in [0.1, 0.15) is 32.0 Å². The second-order valence-electron chi connectivity index (χ2n) is 4.15. The van der Waals surface area contributed by atoms with E-state index >= 15 is 0 Å². The number of unbranched alkanes of at least 4 members (excludes halogenated alkanes) is 1. The zero-order valence-corrected chi connectivity index (χ0v) is 9.40. The lowest BCUT2D eigenvalue weighted by molar-refractivity contribution is 0.485. The third-order valence-corrected chi connectivity index (χ3v) is 2.52. The third kappa shape index (κ3) is 3.72. The first-order chi connectivity index (χ1) is 7.05. The summed E-state index contributed by atoms with van der Waals surface area (Å²) >= 11 is 0. The summed E-state index contributed by atoms with van der Waals surface area (Å²) in [6, 6.07) is 2.10. The maximum absolute atomic E-state index is 8.73. The Bertz CT molecular complexity index is 346. The highest BCUT2D eigenvalue weighted by atomic mass is 15.0. The zero-order valence-electron chi connectivity index (χ0n) is 9.40. The Balaban J connectivity index is 2.24. The minimum atomic E-state index is -0.677. The van der Waals surface area contributed by atoms with E-state index in [0.29, 0.717) is 0 Å². The van der Waals surface area contributed by atoms with Crippen molar-refractivity contribution in [1.29, 1.82) is 5.26 Å². The van der Waals surface area contributed by atoms with Crippen molar-refractivity contribution in [3.63, 3.8) is 0 Å². The summed E-state index contributed by atoms with van der Waals surface area (Å²) < 4.78 is 2.11.